The summed E-state index contributed by atoms with van der Waals surface area (Å²) in [6.45, 7) is 10.9. The predicted octanol–water partition coefficient (Wildman–Crippen LogP) is 3.82. The molecule has 1 atom stereocenters. The third kappa shape index (κ3) is 5.07. The van der Waals surface area contributed by atoms with Crippen LogP contribution in [0.1, 0.15) is 45.6 Å². The number of amides is 1. The van der Waals surface area contributed by atoms with Crippen LogP contribution < -0.4 is 10.2 Å². The number of carbonyl (C=O) groups excluding carboxylic acids is 1. The fourth-order valence-corrected chi connectivity index (χ4v) is 4.10. The first-order valence-electron chi connectivity index (χ1n) is 10.2. The van der Waals surface area contributed by atoms with Gasteiger partial charge in [-0.05, 0) is 51.2 Å². The number of benzene rings is 1. The molecule has 1 amide bonds. The second-order valence-corrected chi connectivity index (χ2v) is 9.21. The third-order valence-electron chi connectivity index (χ3n) is 4.88. The number of nitrogens with zero attached hydrogens (tertiary/aromatic N) is 4. The Kier molecular flexibility index (Phi) is 6.99. The molecular formula is C21H31N5OS. The lowest BCUT2D eigenvalue weighted by Crippen LogP contribution is -2.34. The number of rotatable bonds is 7. The number of anilines is 1. The van der Waals surface area contributed by atoms with Gasteiger partial charge in [-0.3, -0.25) is 9.36 Å². The number of hydrogen-bond donors (Lipinski definition) is 1. The van der Waals surface area contributed by atoms with Crippen LogP contribution in [0.2, 0.25) is 0 Å². The molecular weight excluding hydrogens is 370 g/mol. The maximum absolute atomic E-state index is 12.5. The van der Waals surface area contributed by atoms with E-state index in [1.54, 1.807) is 0 Å². The minimum absolute atomic E-state index is 0.0386. The summed E-state index contributed by atoms with van der Waals surface area (Å²) >= 11 is 1.46. The molecule has 0 bridgehead atoms. The highest BCUT2D eigenvalue weighted by molar-refractivity contribution is 8.00. The van der Waals surface area contributed by atoms with E-state index in [4.69, 9.17) is 0 Å². The summed E-state index contributed by atoms with van der Waals surface area (Å²) in [7, 11) is 0. The molecule has 0 aliphatic carbocycles. The molecule has 2 aromatic rings. The largest absolute Gasteiger partial charge is 0.355 e. The van der Waals surface area contributed by atoms with E-state index in [2.05, 4.69) is 70.0 Å². The first kappa shape index (κ1) is 20.7. The molecule has 1 N–H and O–H groups in total. The number of thioether (sulfide) groups is 1. The summed E-state index contributed by atoms with van der Waals surface area (Å²) in [5.41, 5.74) is 2.25. The molecule has 7 heteroatoms. The zero-order valence-corrected chi connectivity index (χ0v) is 18.1. The number of aromatic nitrogens is 3. The highest BCUT2D eigenvalue weighted by atomic mass is 32.2. The Morgan fingerprint density at radius 1 is 1.11 bits per heavy atom. The van der Waals surface area contributed by atoms with Crippen LogP contribution in [0.4, 0.5) is 5.95 Å². The Labute approximate surface area is 172 Å². The van der Waals surface area contributed by atoms with E-state index in [1.165, 1.54) is 36.6 Å². The lowest BCUT2D eigenvalue weighted by atomic mass is 10.1. The molecule has 1 unspecified atom stereocenters. The number of piperidine rings is 1. The first-order valence-corrected chi connectivity index (χ1v) is 11.1. The van der Waals surface area contributed by atoms with E-state index in [-0.39, 0.29) is 11.2 Å². The molecule has 1 aromatic carbocycles. The molecule has 1 saturated heterocycles. The molecule has 28 heavy (non-hydrogen) atoms. The number of hydrogen-bond acceptors (Lipinski definition) is 5. The van der Waals surface area contributed by atoms with Crippen molar-refractivity contribution in [3.05, 3.63) is 29.8 Å². The van der Waals surface area contributed by atoms with Gasteiger partial charge in [0.2, 0.25) is 11.9 Å². The van der Waals surface area contributed by atoms with Gasteiger partial charge in [0, 0.05) is 19.6 Å². The van der Waals surface area contributed by atoms with Crippen LogP contribution >= 0.6 is 11.8 Å². The van der Waals surface area contributed by atoms with Crippen molar-refractivity contribution in [1.29, 1.82) is 0 Å². The quantitative estimate of drug-likeness (QED) is 0.715. The molecule has 1 aliphatic heterocycles. The van der Waals surface area contributed by atoms with Gasteiger partial charge in [0.05, 0.1) is 10.9 Å². The summed E-state index contributed by atoms with van der Waals surface area (Å²) < 4.78 is 2.10. The van der Waals surface area contributed by atoms with E-state index in [0.717, 1.165) is 29.9 Å². The SMILES string of the molecule is Cc1ccc(-n2c(SC(C)C(=O)NCC(C)C)nnc2N2CCCCC2)cc1. The second kappa shape index (κ2) is 9.45. The fourth-order valence-electron chi connectivity index (χ4n) is 3.22. The van der Waals surface area contributed by atoms with Crippen LogP contribution in [0, 0.1) is 12.8 Å². The van der Waals surface area contributed by atoms with Crippen LogP contribution in [0.3, 0.4) is 0 Å². The van der Waals surface area contributed by atoms with Gasteiger partial charge in [-0.15, -0.1) is 10.2 Å². The standard InChI is InChI=1S/C21H31N5OS/c1-15(2)14-22-19(27)17(4)28-21-24-23-20(25-12-6-5-7-13-25)26(21)18-10-8-16(3)9-11-18/h8-11,15,17H,5-7,12-14H2,1-4H3,(H,22,27). The molecule has 0 saturated carbocycles. The lowest BCUT2D eigenvalue weighted by Gasteiger charge is -2.28. The monoisotopic (exact) mass is 401 g/mol. The Balaban J connectivity index is 1.86. The van der Waals surface area contributed by atoms with Gasteiger partial charge in [-0.25, -0.2) is 0 Å². The lowest BCUT2D eigenvalue weighted by molar-refractivity contribution is -0.120. The minimum Gasteiger partial charge on any atom is -0.355 e. The second-order valence-electron chi connectivity index (χ2n) is 7.90. The van der Waals surface area contributed by atoms with Crippen molar-refractivity contribution in [2.24, 2.45) is 5.92 Å². The molecule has 6 nitrogen and oxygen atoms in total. The molecule has 0 spiro atoms. The van der Waals surface area contributed by atoms with E-state index in [1.807, 2.05) is 6.92 Å². The number of carbonyl (C=O) groups is 1. The molecule has 152 valence electrons. The van der Waals surface area contributed by atoms with Crippen molar-refractivity contribution < 1.29 is 4.79 Å². The van der Waals surface area contributed by atoms with Crippen LogP contribution in [0.5, 0.6) is 0 Å². The van der Waals surface area contributed by atoms with E-state index < -0.39 is 0 Å². The maximum Gasteiger partial charge on any atom is 0.233 e. The smallest absolute Gasteiger partial charge is 0.233 e. The number of aryl methyl sites for hydroxylation is 1. The summed E-state index contributed by atoms with van der Waals surface area (Å²) in [5, 5.41) is 12.5. The predicted molar refractivity (Wildman–Crippen MR) is 115 cm³/mol. The van der Waals surface area contributed by atoms with Crippen LogP contribution in [-0.2, 0) is 4.79 Å². The van der Waals surface area contributed by atoms with E-state index in [0.29, 0.717) is 12.5 Å². The zero-order chi connectivity index (χ0) is 20.1. The molecule has 1 aliphatic rings. The topological polar surface area (TPSA) is 63.1 Å². The molecule has 3 rings (SSSR count). The van der Waals surface area contributed by atoms with Gasteiger partial charge < -0.3 is 10.2 Å². The van der Waals surface area contributed by atoms with Gasteiger partial charge in [0.15, 0.2) is 5.16 Å². The van der Waals surface area contributed by atoms with Crippen molar-refractivity contribution in [2.75, 3.05) is 24.5 Å². The summed E-state index contributed by atoms with van der Waals surface area (Å²) in [4.78, 5) is 14.8. The van der Waals surface area contributed by atoms with Crippen LogP contribution in [-0.4, -0.2) is 45.6 Å². The van der Waals surface area contributed by atoms with E-state index in [9.17, 15) is 4.79 Å². The number of nitrogens with one attached hydrogen (secondary N) is 1. The molecule has 1 fully saturated rings. The summed E-state index contributed by atoms with van der Waals surface area (Å²) in [6, 6.07) is 8.39. The highest BCUT2D eigenvalue weighted by Crippen LogP contribution is 2.30. The van der Waals surface area contributed by atoms with E-state index >= 15 is 0 Å². The summed E-state index contributed by atoms with van der Waals surface area (Å²) in [6.07, 6.45) is 3.62. The van der Waals surface area contributed by atoms with Gasteiger partial charge in [-0.2, -0.15) is 0 Å². The van der Waals surface area contributed by atoms with Crippen molar-refractivity contribution in [3.63, 3.8) is 0 Å². The highest BCUT2D eigenvalue weighted by Gasteiger charge is 2.24. The summed E-state index contributed by atoms with van der Waals surface area (Å²) in [5.74, 6) is 1.35. The Hall–Kier alpha value is -2.02. The fraction of sp³-hybridized carbons (Fsp3) is 0.571. The zero-order valence-electron chi connectivity index (χ0n) is 17.3. The van der Waals surface area contributed by atoms with Crippen molar-refractivity contribution in [3.8, 4) is 5.69 Å². The Morgan fingerprint density at radius 3 is 2.43 bits per heavy atom. The normalized spacial score (nSPS) is 15.7. The molecule has 2 heterocycles. The van der Waals surface area contributed by atoms with Gasteiger partial charge in [-0.1, -0.05) is 43.3 Å². The van der Waals surface area contributed by atoms with Crippen LogP contribution in [0.15, 0.2) is 29.4 Å². The molecule has 0 radical (unpaired) electrons. The van der Waals surface area contributed by atoms with Crippen molar-refractivity contribution in [2.45, 2.75) is 57.4 Å². The van der Waals surface area contributed by atoms with Gasteiger partial charge >= 0.3 is 0 Å². The Morgan fingerprint density at radius 2 is 1.79 bits per heavy atom. The van der Waals surface area contributed by atoms with Crippen molar-refractivity contribution >= 4 is 23.6 Å². The third-order valence-corrected chi connectivity index (χ3v) is 5.93. The molecule has 1 aromatic heterocycles. The Bertz CT molecular complexity index is 781. The van der Waals surface area contributed by atoms with Crippen molar-refractivity contribution in [1.82, 2.24) is 20.1 Å². The van der Waals surface area contributed by atoms with Gasteiger partial charge in [0.25, 0.3) is 0 Å². The average Bonchev–Trinajstić information content (AvgIpc) is 3.10. The first-order chi connectivity index (χ1) is 13.5. The van der Waals surface area contributed by atoms with Crippen LogP contribution in [0.25, 0.3) is 5.69 Å². The van der Waals surface area contributed by atoms with Gasteiger partial charge in [0.1, 0.15) is 0 Å². The average molecular weight is 402 g/mol. The maximum atomic E-state index is 12.5. The minimum atomic E-state index is -0.235.